The average molecular weight is 524 g/mol. The summed E-state index contributed by atoms with van der Waals surface area (Å²) in [5.41, 5.74) is 0. The second-order valence-corrected chi connectivity index (χ2v) is 8.46. The van der Waals surface area contributed by atoms with E-state index in [0.29, 0.717) is 12.1 Å². The molecule has 1 fully saturated rings. The van der Waals surface area contributed by atoms with Gasteiger partial charge >= 0.3 is 0 Å². The van der Waals surface area contributed by atoms with E-state index in [2.05, 4.69) is 48.2 Å². The molecule has 2 rings (SSSR count). The molecule has 0 aromatic carbocycles. The minimum atomic E-state index is 0. The number of hydrogen-bond acceptors (Lipinski definition) is 5. The molecule has 0 saturated carbocycles. The van der Waals surface area contributed by atoms with Crippen molar-refractivity contribution in [2.75, 3.05) is 39.3 Å². The Kier molecular flexibility index (Phi) is 13.3. The molecule has 0 aliphatic carbocycles. The lowest BCUT2D eigenvalue weighted by Gasteiger charge is -2.33. The molecular formula is C20H38IN5OS. The number of hydrogen-bond donors (Lipinski definition) is 2. The van der Waals surface area contributed by atoms with Gasteiger partial charge < -0.3 is 20.3 Å². The van der Waals surface area contributed by atoms with Crippen molar-refractivity contribution in [2.24, 2.45) is 4.99 Å². The average Bonchev–Trinajstić information content (AvgIpc) is 3.11. The molecular weight excluding hydrogens is 485 g/mol. The quantitative estimate of drug-likeness (QED) is 0.280. The van der Waals surface area contributed by atoms with Crippen LogP contribution in [0.2, 0.25) is 0 Å². The highest BCUT2D eigenvalue weighted by Crippen LogP contribution is 2.14. The van der Waals surface area contributed by atoms with Gasteiger partial charge in [0.2, 0.25) is 0 Å². The van der Waals surface area contributed by atoms with Crippen LogP contribution in [0.1, 0.15) is 50.4 Å². The fourth-order valence-electron chi connectivity index (χ4n) is 3.12. The first-order valence-corrected chi connectivity index (χ1v) is 11.2. The highest BCUT2D eigenvalue weighted by atomic mass is 127. The second-order valence-electron chi connectivity index (χ2n) is 7.26. The molecule has 1 saturated heterocycles. The van der Waals surface area contributed by atoms with Crippen LogP contribution in [0, 0.1) is 0 Å². The molecule has 8 heteroatoms. The molecule has 0 spiro atoms. The lowest BCUT2D eigenvalue weighted by atomic mass is 10.1. The highest BCUT2D eigenvalue weighted by Gasteiger charge is 2.19. The zero-order valence-corrected chi connectivity index (χ0v) is 21.0. The number of thiazole rings is 1. The Bertz CT molecular complexity index is 559. The lowest BCUT2D eigenvalue weighted by Crippen LogP contribution is -2.49. The molecule has 1 aromatic heterocycles. The van der Waals surface area contributed by atoms with Gasteiger partial charge in [0.1, 0.15) is 0 Å². The Hall–Kier alpha value is -0.450. The second kappa shape index (κ2) is 14.5. The van der Waals surface area contributed by atoms with Crippen LogP contribution in [-0.2, 0) is 17.6 Å². The third-order valence-electron chi connectivity index (χ3n) is 4.68. The van der Waals surface area contributed by atoms with Crippen molar-refractivity contribution in [3.63, 3.8) is 0 Å². The van der Waals surface area contributed by atoms with Crippen molar-refractivity contribution in [3.8, 4) is 0 Å². The third kappa shape index (κ3) is 9.84. The van der Waals surface area contributed by atoms with Crippen LogP contribution >= 0.6 is 35.3 Å². The van der Waals surface area contributed by atoms with Gasteiger partial charge in [-0.3, -0.25) is 4.99 Å². The van der Waals surface area contributed by atoms with Gasteiger partial charge in [0.25, 0.3) is 0 Å². The fourth-order valence-corrected chi connectivity index (χ4v) is 3.97. The molecule has 0 radical (unpaired) electrons. The SMILES string of the molecule is CCNC(=NCCc1ncc(CC)s1)NC1CCN(CCOC(C)C)CC1.I. The van der Waals surface area contributed by atoms with E-state index in [-0.39, 0.29) is 24.0 Å². The zero-order chi connectivity index (χ0) is 19.5. The van der Waals surface area contributed by atoms with E-state index < -0.39 is 0 Å². The number of likely N-dealkylation sites (tertiary alicyclic amines) is 1. The molecule has 0 unspecified atom stereocenters. The summed E-state index contributed by atoms with van der Waals surface area (Å²) in [6, 6.07) is 0.497. The topological polar surface area (TPSA) is 61.8 Å². The Morgan fingerprint density at radius 1 is 1.36 bits per heavy atom. The summed E-state index contributed by atoms with van der Waals surface area (Å²) in [5, 5.41) is 8.18. The number of ether oxygens (including phenoxy) is 1. The molecule has 2 heterocycles. The van der Waals surface area contributed by atoms with Crippen LogP contribution < -0.4 is 10.6 Å². The van der Waals surface area contributed by atoms with E-state index in [4.69, 9.17) is 9.73 Å². The lowest BCUT2D eigenvalue weighted by molar-refractivity contribution is 0.0532. The predicted molar refractivity (Wildman–Crippen MR) is 130 cm³/mol. The molecule has 162 valence electrons. The summed E-state index contributed by atoms with van der Waals surface area (Å²) in [6.07, 6.45) is 6.59. The summed E-state index contributed by atoms with van der Waals surface area (Å²) in [7, 11) is 0. The molecule has 1 aliphatic heterocycles. The summed E-state index contributed by atoms with van der Waals surface area (Å²) in [4.78, 5) is 13.1. The largest absolute Gasteiger partial charge is 0.377 e. The number of nitrogens with zero attached hydrogens (tertiary/aromatic N) is 3. The first-order chi connectivity index (χ1) is 13.1. The van der Waals surface area contributed by atoms with E-state index in [1.54, 1.807) is 11.3 Å². The third-order valence-corrected chi connectivity index (χ3v) is 5.88. The summed E-state index contributed by atoms with van der Waals surface area (Å²) in [5.74, 6) is 0.936. The van der Waals surface area contributed by atoms with Crippen molar-refractivity contribution >= 4 is 41.3 Å². The van der Waals surface area contributed by atoms with Crippen molar-refractivity contribution in [1.29, 1.82) is 0 Å². The van der Waals surface area contributed by atoms with Crippen molar-refractivity contribution in [3.05, 3.63) is 16.1 Å². The zero-order valence-electron chi connectivity index (χ0n) is 17.9. The molecule has 1 aromatic rings. The summed E-state index contributed by atoms with van der Waals surface area (Å²) in [6.45, 7) is 14.2. The van der Waals surface area contributed by atoms with Gasteiger partial charge in [0.15, 0.2) is 5.96 Å². The first-order valence-electron chi connectivity index (χ1n) is 10.4. The van der Waals surface area contributed by atoms with Gasteiger partial charge in [-0.25, -0.2) is 4.98 Å². The molecule has 0 amide bonds. The maximum absolute atomic E-state index is 5.67. The van der Waals surface area contributed by atoms with Crippen LogP contribution in [0.4, 0.5) is 0 Å². The standard InChI is InChI=1S/C20H37N5OS.HI/c1-5-18-15-23-19(27-18)7-10-22-20(21-6-2)24-17-8-11-25(12-9-17)13-14-26-16(3)4;/h15-17H,5-14H2,1-4H3,(H2,21,22,24);1H. The number of aliphatic imine (C=N–C) groups is 1. The Morgan fingerprint density at radius 2 is 2.11 bits per heavy atom. The number of aryl methyl sites for hydroxylation is 1. The number of rotatable bonds is 10. The van der Waals surface area contributed by atoms with Gasteiger partial charge in [-0.1, -0.05) is 6.92 Å². The minimum absolute atomic E-state index is 0. The van der Waals surface area contributed by atoms with E-state index in [1.165, 1.54) is 9.88 Å². The summed E-state index contributed by atoms with van der Waals surface area (Å²) >= 11 is 1.80. The smallest absolute Gasteiger partial charge is 0.191 e. The van der Waals surface area contributed by atoms with Crippen molar-refractivity contribution in [1.82, 2.24) is 20.5 Å². The highest BCUT2D eigenvalue weighted by molar-refractivity contribution is 14.0. The normalized spacial score (nSPS) is 16.2. The number of piperidine rings is 1. The van der Waals surface area contributed by atoms with Crippen LogP contribution in [-0.4, -0.2) is 67.3 Å². The van der Waals surface area contributed by atoms with Crippen LogP contribution in [0.5, 0.6) is 0 Å². The van der Waals surface area contributed by atoms with Crippen LogP contribution in [0.15, 0.2) is 11.2 Å². The maximum Gasteiger partial charge on any atom is 0.191 e. The van der Waals surface area contributed by atoms with Gasteiger partial charge in [0.05, 0.1) is 17.7 Å². The number of halogens is 1. The molecule has 28 heavy (non-hydrogen) atoms. The number of nitrogens with one attached hydrogen (secondary N) is 2. The fraction of sp³-hybridized carbons (Fsp3) is 0.800. The monoisotopic (exact) mass is 523 g/mol. The van der Waals surface area contributed by atoms with E-state index in [0.717, 1.165) is 71.0 Å². The predicted octanol–water partition coefficient (Wildman–Crippen LogP) is 3.31. The minimum Gasteiger partial charge on any atom is -0.377 e. The van der Waals surface area contributed by atoms with Crippen LogP contribution in [0.25, 0.3) is 0 Å². The van der Waals surface area contributed by atoms with Gasteiger partial charge in [0, 0.05) is 56.3 Å². The molecule has 2 N–H and O–H groups in total. The Morgan fingerprint density at radius 3 is 2.71 bits per heavy atom. The van der Waals surface area contributed by atoms with E-state index >= 15 is 0 Å². The molecule has 0 bridgehead atoms. The Balaban J connectivity index is 0.00000392. The summed E-state index contributed by atoms with van der Waals surface area (Å²) < 4.78 is 5.67. The van der Waals surface area contributed by atoms with Gasteiger partial charge in [-0.2, -0.15) is 0 Å². The molecule has 0 atom stereocenters. The van der Waals surface area contributed by atoms with Crippen LogP contribution in [0.3, 0.4) is 0 Å². The first kappa shape index (κ1) is 25.6. The van der Waals surface area contributed by atoms with Crippen molar-refractivity contribution in [2.45, 2.75) is 65.5 Å². The van der Waals surface area contributed by atoms with E-state index in [1.807, 2.05) is 6.20 Å². The van der Waals surface area contributed by atoms with Gasteiger partial charge in [-0.15, -0.1) is 35.3 Å². The molecule has 6 nitrogen and oxygen atoms in total. The molecule has 1 aliphatic rings. The number of aromatic nitrogens is 1. The van der Waals surface area contributed by atoms with Gasteiger partial charge in [-0.05, 0) is 40.0 Å². The maximum atomic E-state index is 5.67. The van der Waals surface area contributed by atoms with Crippen molar-refractivity contribution < 1.29 is 4.74 Å². The van der Waals surface area contributed by atoms with E-state index in [9.17, 15) is 0 Å². The number of guanidine groups is 1. The Labute approximate surface area is 192 Å².